The minimum Gasteiger partial charge on any atom is -0.480 e. The Hall–Kier alpha value is -1.10. The fraction of sp³-hybridized carbons (Fsp3) is 0.800. The molecule has 1 aliphatic heterocycles. The number of aliphatic carboxylic acids is 1. The lowest BCUT2D eigenvalue weighted by Gasteiger charge is -2.29. The molecule has 0 spiro atoms. The number of hydrogen-bond acceptors (Lipinski definition) is 3. The van der Waals surface area contributed by atoms with E-state index in [0.717, 1.165) is 6.42 Å². The van der Waals surface area contributed by atoms with E-state index in [1.807, 2.05) is 0 Å². The van der Waals surface area contributed by atoms with E-state index in [9.17, 15) is 9.59 Å². The van der Waals surface area contributed by atoms with Gasteiger partial charge in [-0.1, -0.05) is 0 Å². The fourth-order valence-corrected chi connectivity index (χ4v) is 1.77. The second-order valence-corrected chi connectivity index (χ2v) is 3.90. The molecule has 1 aliphatic rings. The molecule has 1 heterocycles. The summed E-state index contributed by atoms with van der Waals surface area (Å²) in [6, 6.07) is 0. The summed E-state index contributed by atoms with van der Waals surface area (Å²) in [6.45, 7) is 4.21. The average Bonchev–Trinajstić information content (AvgIpc) is 2.61. The Morgan fingerprint density at radius 3 is 2.60 bits per heavy atom. The summed E-state index contributed by atoms with van der Waals surface area (Å²) in [5.41, 5.74) is -0.814. The first-order valence-electron chi connectivity index (χ1n) is 5.14. The second kappa shape index (κ2) is 4.61. The Morgan fingerprint density at radius 1 is 1.53 bits per heavy atom. The van der Waals surface area contributed by atoms with Crippen LogP contribution in [0, 0.1) is 0 Å². The van der Waals surface area contributed by atoms with E-state index in [1.54, 1.807) is 13.8 Å². The highest BCUT2D eigenvalue weighted by Crippen LogP contribution is 2.27. The van der Waals surface area contributed by atoms with Crippen molar-refractivity contribution in [1.82, 2.24) is 4.90 Å². The number of rotatable bonds is 4. The monoisotopic (exact) mass is 215 g/mol. The van der Waals surface area contributed by atoms with Gasteiger partial charge in [-0.3, -0.25) is 9.59 Å². The van der Waals surface area contributed by atoms with E-state index < -0.39 is 11.6 Å². The van der Waals surface area contributed by atoms with Gasteiger partial charge >= 0.3 is 5.97 Å². The van der Waals surface area contributed by atoms with Crippen molar-refractivity contribution < 1.29 is 19.4 Å². The lowest BCUT2D eigenvalue weighted by Crippen LogP contribution is -2.48. The molecule has 0 saturated carbocycles. The molecule has 0 aromatic rings. The lowest BCUT2D eigenvalue weighted by atomic mass is 10.0. The maximum atomic E-state index is 12.0. The molecule has 0 radical (unpaired) electrons. The Bertz CT molecular complexity index is 258. The highest BCUT2D eigenvalue weighted by Gasteiger charge is 2.40. The predicted molar refractivity (Wildman–Crippen MR) is 53.5 cm³/mol. The van der Waals surface area contributed by atoms with Gasteiger partial charge in [-0.15, -0.1) is 0 Å². The van der Waals surface area contributed by atoms with Gasteiger partial charge in [0.25, 0.3) is 5.91 Å². The summed E-state index contributed by atoms with van der Waals surface area (Å²) >= 11 is 0. The lowest BCUT2D eigenvalue weighted by molar-refractivity contribution is -0.155. The Labute approximate surface area is 89.0 Å². The molecule has 1 fully saturated rings. The SMILES string of the molecule is CCN(CC(=O)O)C(=O)C1(C)CCCO1. The third-order valence-corrected chi connectivity index (χ3v) is 2.67. The van der Waals surface area contributed by atoms with Crippen LogP contribution in [0.15, 0.2) is 0 Å². The van der Waals surface area contributed by atoms with Gasteiger partial charge in [0.1, 0.15) is 12.1 Å². The number of nitrogens with zero attached hydrogens (tertiary/aromatic N) is 1. The molecule has 1 saturated heterocycles. The summed E-state index contributed by atoms with van der Waals surface area (Å²) in [7, 11) is 0. The van der Waals surface area contributed by atoms with Gasteiger partial charge in [0.05, 0.1) is 0 Å². The molecule has 0 aromatic heterocycles. The summed E-state index contributed by atoms with van der Waals surface area (Å²) in [4.78, 5) is 23.8. The van der Waals surface area contributed by atoms with Crippen LogP contribution in [-0.4, -0.2) is 47.2 Å². The third-order valence-electron chi connectivity index (χ3n) is 2.67. The van der Waals surface area contributed by atoms with E-state index >= 15 is 0 Å². The highest BCUT2D eigenvalue weighted by molar-refractivity contribution is 5.87. The van der Waals surface area contributed by atoms with Crippen molar-refractivity contribution in [3.8, 4) is 0 Å². The van der Waals surface area contributed by atoms with Crippen LogP contribution in [0.4, 0.5) is 0 Å². The summed E-state index contributed by atoms with van der Waals surface area (Å²) < 4.78 is 5.38. The van der Waals surface area contributed by atoms with Crippen LogP contribution in [0.1, 0.15) is 26.7 Å². The van der Waals surface area contributed by atoms with Crippen molar-refractivity contribution in [2.45, 2.75) is 32.3 Å². The van der Waals surface area contributed by atoms with Crippen LogP contribution in [0.2, 0.25) is 0 Å². The van der Waals surface area contributed by atoms with Crippen molar-refractivity contribution in [2.24, 2.45) is 0 Å². The first-order valence-corrected chi connectivity index (χ1v) is 5.14. The van der Waals surface area contributed by atoms with Crippen LogP contribution in [0.5, 0.6) is 0 Å². The summed E-state index contributed by atoms with van der Waals surface area (Å²) in [5.74, 6) is -1.21. The Balaban J connectivity index is 2.67. The van der Waals surface area contributed by atoms with Crippen molar-refractivity contribution >= 4 is 11.9 Å². The first kappa shape index (κ1) is 12.0. The summed E-state index contributed by atoms with van der Waals surface area (Å²) in [5, 5.41) is 8.66. The van der Waals surface area contributed by atoms with Gasteiger partial charge in [0.2, 0.25) is 0 Å². The van der Waals surface area contributed by atoms with Gasteiger partial charge in [0.15, 0.2) is 0 Å². The molecule has 15 heavy (non-hydrogen) atoms. The van der Waals surface area contributed by atoms with E-state index in [1.165, 1.54) is 4.90 Å². The topological polar surface area (TPSA) is 66.8 Å². The molecule has 5 nitrogen and oxygen atoms in total. The number of hydrogen-bond donors (Lipinski definition) is 1. The first-order chi connectivity index (χ1) is 6.99. The molecular weight excluding hydrogens is 198 g/mol. The fourth-order valence-electron chi connectivity index (χ4n) is 1.77. The summed E-state index contributed by atoms with van der Waals surface area (Å²) in [6.07, 6.45) is 1.52. The molecule has 0 aliphatic carbocycles. The molecule has 1 amide bonds. The molecule has 0 bridgehead atoms. The zero-order valence-electron chi connectivity index (χ0n) is 9.15. The Morgan fingerprint density at radius 2 is 2.20 bits per heavy atom. The smallest absolute Gasteiger partial charge is 0.323 e. The van der Waals surface area contributed by atoms with Crippen LogP contribution in [0.25, 0.3) is 0 Å². The largest absolute Gasteiger partial charge is 0.480 e. The maximum absolute atomic E-state index is 12.0. The van der Waals surface area contributed by atoms with Crippen LogP contribution >= 0.6 is 0 Å². The number of carboxylic acid groups (broad SMARTS) is 1. The molecule has 1 atom stereocenters. The molecule has 86 valence electrons. The van der Waals surface area contributed by atoms with Gasteiger partial charge in [-0.2, -0.15) is 0 Å². The van der Waals surface area contributed by atoms with Gasteiger partial charge in [-0.25, -0.2) is 0 Å². The zero-order valence-corrected chi connectivity index (χ0v) is 9.15. The number of amides is 1. The van der Waals surface area contributed by atoms with Gasteiger partial charge in [0, 0.05) is 13.2 Å². The number of likely N-dealkylation sites (N-methyl/N-ethyl adjacent to an activating group) is 1. The standard InChI is InChI=1S/C10H17NO4/c1-3-11(7-8(12)13)9(14)10(2)5-4-6-15-10/h3-7H2,1-2H3,(H,12,13). The molecule has 5 heteroatoms. The maximum Gasteiger partial charge on any atom is 0.323 e. The third kappa shape index (κ3) is 2.68. The van der Waals surface area contributed by atoms with Crippen molar-refractivity contribution in [3.63, 3.8) is 0 Å². The number of ether oxygens (including phenoxy) is 1. The quantitative estimate of drug-likeness (QED) is 0.741. The predicted octanol–water partition coefficient (Wildman–Crippen LogP) is 0.489. The minimum absolute atomic E-state index is 0.218. The number of carboxylic acids is 1. The molecule has 0 aromatic carbocycles. The molecule has 1 N–H and O–H groups in total. The van der Waals surface area contributed by atoms with Crippen molar-refractivity contribution in [2.75, 3.05) is 19.7 Å². The van der Waals surface area contributed by atoms with Crippen LogP contribution in [0.3, 0.4) is 0 Å². The molecule has 1 unspecified atom stereocenters. The van der Waals surface area contributed by atoms with Crippen LogP contribution < -0.4 is 0 Å². The molecule has 1 rings (SSSR count). The molecular formula is C10H17NO4. The van der Waals surface area contributed by atoms with E-state index in [0.29, 0.717) is 19.6 Å². The van der Waals surface area contributed by atoms with Gasteiger partial charge in [-0.05, 0) is 26.7 Å². The number of carbonyl (C=O) groups is 2. The second-order valence-electron chi connectivity index (χ2n) is 3.90. The van der Waals surface area contributed by atoms with Crippen LogP contribution in [-0.2, 0) is 14.3 Å². The van der Waals surface area contributed by atoms with Crippen molar-refractivity contribution in [3.05, 3.63) is 0 Å². The number of carbonyl (C=O) groups excluding carboxylic acids is 1. The minimum atomic E-state index is -0.994. The zero-order chi connectivity index (χ0) is 11.5. The van der Waals surface area contributed by atoms with E-state index in [4.69, 9.17) is 9.84 Å². The van der Waals surface area contributed by atoms with Gasteiger partial charge < -0.3 is 14.7 Å². The van der Waals surface area contributed by atoms with E-state index in [2.05, 4.69) is 0 Å². The van der Waals surface area contributed by atoms with Crippen molar-refractivity contribution in [1.29, 1.82) is 0 Å². The Kier molecular flexibility index (Phi) is 3.68. The highest BCUT2D eigenvalue weighted by atomic mass is 16.5. The van der Waals surface area contributed by atoms with E-state index in [-0.39, 0.29) is 12.5 Å². The average molecular weight is 215 g/mol. The normalized spacial score (nSPS) is 25.2.